The molecule has 10 heteroatoms. The Labute approximate surface area is 173 Å². The molecule has 3 aromatic rings. The maximum absolute atomic E-state index is 12.8. The summed E-state index contributed by atoms with van der Waals surface area (Å²) < 4.78 is 1.72. The molecule has 3 aromatic heterocycles. The van der Waals surface area contributed by atoms with E-state index in [2.05, 4.69) is 35.3 Å². The number of carbonyl (C=O) groups is 1. The van der Waals surface area contributed by atoms with Crippen molar-refractivity contribution in [3.05, 3.63) is 35.4 Å². The van der Waals surface area contributed by atoms with E-state index in [1.807, 2.05) is 20.1 Å². The number of piperidine rings is 1. The minimum atomic E-state index is -0.0108. The summed E-state index contributed by atoms with van der Waals surface area (Å²) in [5.41, 5.74) is 2.61. The molecule has 4 heterocycles. The summed E-state index contributed by atoms with van der Waals surface area (Å²) in [5.74, 6) is 1.27. The fourth-order valence-electron chi connectivity index (χ4n) is 3.70. The second-order valence-corrected chi connectivity index (χ2v) is 7.92. The van der Waals surface area contributed by atoms with Crippen LogP contribution in [0.15, 0.2) is 23.6 Å². The summed E-state index contributed by atoms with van der Waals surface area (Å²) >= 11 is 1.47. The SMILES string of the molecule is CSc1nc2nc(C)c(CC(=O)NC3CCCN(c4ncccn4)C3)c(C)n2n1. The van der Waals surface area contributed by atoms with Crippen LogP contribution in [-0.4, -0.2) is 60.8 Å². The van der Waals surface area contributed by atoms with Gasteiger partial charge in [0.2, 0.25) is 17.0 Å². The first kappa shape index (κ1) is 19.6. The van der Waals surface area contributed by atoms with E-state index in [4.69, 9.17) is 0 Å². The zero-order valence-corrected chi connectivity index (χ0v) is 17.6. The van der Waals surface area contributed by atoms with Crippen LogP contribution in [0.4, 0.5) is 5.95 Å². The summed E-state index contributed by atoms with van der Waals surface area (Å²) in [6.07, 6.45) is 7.62. The molecule has 29 heavy (non-hydrogen) atoms. The number of nitrogens with zero attached hydrogens (tertiary/aromatic N) is 7. The number of thioether (sulfide) groups is 1. The molecular formula is C19H24N8OS. The van der Waals surface area contributed by atoms with Crippen LogP contribution in [0.1, 0.15) is 29.8 Å². The Balaban J connectivity index is 1.45. The average Bonchev–Trinajstić information content (AvgIpc) is 3.15. The first-order chi connectivity index (χ1) is 14.0. The maximum Gasteiger partial charge on any atom is 0.253 e. The number of amides is 1. The highest BCUT2D eigenvalue weighted by atomic mass is 32.2. The third-order valence-corrected chi connectivity index (χ3v) is 5.71. The van der Waals surface area contributed by atoms with E-state index in [0.29, 0.717) is 23.4 Å². The van der Waals surface area contributed by atoms with Crippen molar-refractivity contribution >= 4 is 29.4 Å². The van der Waals surface area contributed by atoms with Crippen molar-refractivity contribution in [2.24, 2.45) is 0 Å². The van der Waals surface area contributed by atoms with Gasteiger partial charge in [-0.15, -0.1) is 5.10 Å². The van der Waals surface area contributed by atoms with Gasteiger partial charge in [-0.1, -0.05) is 11.8 Å². The van der Waals surface area contributed by atoms with Gasteiger partial charge in [-0.3, -0.25) is 4.79 Å². The first-order valence-electron chi connectivity index (χ1n) is 9.63. The molecule has 0 bridgehead atoms. The molecule has 1 fully saturated rings. The van der Waals surface area contributed by atoms with Crippen LogP contribution in [0.3, 0.4) is 0 Å². The quantitative estimate of drug-likeness (QED) is 0.631. The fraction of sp³-hybridized carbons (Fsp3) is 0.474. The van der Waals surface area contributed by atoms with Gasteiger partial charge in [-0.05, 0) is 39.0 Å². The lowest BCUT2D eigenvalue weighted by Gasteiger charge is -2.33. The van der Waals surface area contributed by atoms with E-state index in [1.54, 1.807) is 23.0 Å². The molecule has 1 atom stereocenters. The molecule has 1 amide bonds. The Morgan fingerprint density at radius 3 is 2.83 bits per heavy atom. The van der Waals surface area contributed by atoms with Crippen LogP contribution < -0.4 is 10.2 Å². The van der Waals surface area contributed by atoms with Crippen LogP contribution in [0, 0.1) is 13.8 Å². The number of aryl methyl sites for hydroxylation is 2. The molecule has 1 aliphatic heterocycles. The first-order valence-corrected chi connectivity index (χ1v) is 10.9. The van der Waals surface area contributed by atoms with Gasteiger partial charge in [0, 0.05) is 48.5 Å². The summed E-state index contributed by atoms with van der Waals surface area (Å²) in [6.45, 7) is 5.49. The Hall–Kier alpha value is -2.75. The van der Waals surface area contributed by atoms with Crippen LogP contribution in [-0.2, 0) is 11.2 Å². The predicted octanol–water partition coefficient (Wildman–Crippen LogP) is 1.58. The second kappa shape index (κ2) is 8.32. The summed E-state index contributed by atoms with van der Waals surface area (Å²) in [5, 5.41) is 8.30. The number of fused-ring (bicyclic) bond motifs is 1. The second-order valence-electron chi connectivity index (χ2n) is 7.15. The topological polar surface area (TPSA) is 101 Å². The van der Waals surface area contributed by atoms with Crippen molar-refractivity contribution in [3.63, 3.8) is 0 Å². The van der Waals surface area contributed by atoms with Crippen molar-refractivity contribution in [2.75, 3.05) is 24.2 Å². The van der Waals surface area contributed by atoms with Gasteiger partial charge in [0.1, 0.15) is 0 Å². The number of rotatable bonds is 5. The molecule has 1 saturated heterocycles. The van der Waals surface area contributed by atoms with Crippen molar-refractivity contribution in [2.45, 2.75) is 44.3 Å². The van der Waals surface area contributed by atoms with Crippen LogP contribution in [0.25, 0.3) is 5.78 Å². The van der Waals surface area contributed by atoms with E-state index in [-0.39, 0.29) is 18.4 Å². The lowest BCUT2D eigenvalue weighted by molar-refractivity contribution is -0.121. The number of anilines is 1. The van der Waals surface area contributed by atoms with E-state index in [0.717, 1.165) is 36.3 Å². The van der Waals surface area contributed by atoms with Crippen molar-refractivity contribution < 1.29 is 4.79 Å². The number of hydrogen-bond acceptors (Lipinski definition) is 8. The van der Waals surface area contributed by atoms with E-state index >= 15 is 0 Å². The van der Waals surface area contributed by atoms with Gasteiger partial charge in [-0.2, -0.15) is 4.98 Å². The lowest BCUT2D eigenvalue weighted by Crippen LogP contribution is -2.48. The largest absolute Gasteiger partial charge is 0.351 e. The van der Waals surface area contributed by atoms with E-state index in [1.165, 1.54) is 11.8 Å². The van der Waals surface area contributed by atoms with Crippen LogP contribution >= 0.6 is 11.8 Å². The molecule has 1 N–H and O–H groups in total. The van der Waals surface area contributed by atoms with Crippen molar-refractivity contribution in [1.29, 1.82) is 0 Å². The van der Waals surface area contributed by atoms with Crippen LogP contribution in [0.2, 0.25) is 0 Å². The van der Waals surface area contributed by atoms with Gasteiger partial charge in [-0.25, -0.2) is 19.5 Å². The standard InChI is InChI=1S/C19H24N8OS/c1-12-15(13(2)27-18(22-12)24-19(25-27)29-3)10-16(28)23-14-6-4-9-26(11-14)17-20-7-5-8-21-17/h5,7-8,14H,4,6,9-11H2,1-3H3,(H,23,28). The third-order valence-electron chi connectivity index (χ3n) is 5.17. The molecule has 1 unspecified atom stereocenters. The number of aromatic nitrogens is 6. The molecule has 152 valence electrons. The van der Waals surface area contributed by atoms with Crippen molar-refractivity contribution in [1.82, 2.24) is 34.9 Å². The van der Waals surface area contributed by atoms with Crippen LogP contribution in [0.5, 0.6) is 0 Å². The van der Waals surface area contributed by atoms with Gasteiger partial charge in [0.15, 0.2) is 0 Å². The maximum atomic E-state index is 12.8. The average molecular weight is 413 g/mol. The smallest absolute Gasteiger partial charge is 0.253 e. The summed E-state index contributed by atoms with van der Waals surface area (Å²) in [4.78, 5) is 32.5. The number of hydrogen-bond donors (Lipinski definition) is 1. The minimum Gasteiger partial charge on any atom is -0.351 e. The molecule has 0 aliphatic carbocycles. The highest BCUT2D eigenvalue weighted by Gasteiger charge is 2.24. The van der Waals surface area contributed by atoms with Gasteiger partial charge in [0.05, 0.1) is 6.42 Å². The predicted molar refractivity (Wildman–Crippen MR) is 111 cm³/mol. The highest BCUT2D eigenvalue weighted by molar-refractivity contribution is 7.98. The van der Waals surface area contributed by atoms with Gasteiger partial charge in [0.25, 0.3) is 5.78 Å². The molecule has 0 saturated carbocycles. The Kier molecular flexibility index (Phi) is 5.61. The van der Waals surface area contributed by atoms with Crippen molar-refractivity contribution in [3.8, 4) is 0 Å². The Morgan fingerprint density at radius 1 is 1.28 bits per heavy atom. The zero-order chi connectivity index (χ0) is 20.4. The molecule has 4 rings (SSSR count). The monoisotopic (exact) mass is 412 g/mol. The normalized spacial score (nSPS) is 16.9. The fourth-order valence-corrected chi connectivity index (χ4v) is 4.04. The number of carbonyl (C=O) groups excluding carboxylic acids is 1. The molecule has 0 radical (unpaired) electrons. The molecule has 1 aliphatic rings. The van der Waals surface area contributed by atoms with E-state index < -0.39 is 0 Å². The Morgan fingerprint density at radius 2 is 2.07 bits per heavy atom. The van der Waals surface area contributed by atoms with Gasteiger partial charge >= 0.3 is 0 Å². The lowest BCUT2D eigenvalue weighted by atomic mass is 10.0. The summed E-state index contributed by atoms with van der Waals surface area (Å²) in [6, 6.07) is 1.88. The highest BCUT2D eigenvalue weighted by Crippen LogP contribution is 2.18. The summed E-state index contributed by atoms with van der Waals surface area (Å²) in [7, 11) is 0. The molecular weight excluding hydrogens is 388 g/mol. The van der Waals surface area contributed by atoms with E-state index in [9.17, 15) is 4.79 Å². The number of nitrogens with one attached hydrogen (secondary N) is 1. The van der Waals surface area contributed by atoms with Gasteiger partial charge < -0.3 is 10.2 Å². The molecule has 0 aromatic carbocycles. The molecule has 9 nitrogen and oxygen atoms in total. The molecule has 0 spiro atoms. The minimum absolute atomic E-state index is 0.0108. The zero-order valence-electron chi connectivity index (χ0n) is 16.8. The Bertz CT molecular complexity index is 1020. The third kappa shape index (κ3) is 4.16.